The Morgan fingerprint density at radius 2 is 1.33 bits per heavy atom. The first-order valence-electron chi connectivity index (χ1n) is 6.05. The Morgan fingerprint density at radius 1 is 0.833 bits per heavy atom. The van der Waals surface area contributed by atoms with E-state index in [1.54, 1.807) is 4.80 Å². The third-order valence-electron chi connectivity index (χ3n) is 3.12. The number of fused-ring (bicyclic) bond motifs is 1. The summed E-state index contributed by atoms with van der Waals surface area (Å²) >= 11 is 0. The summed E-state index contributed by atoms with van der Waals surface area (Å²) in [5.41, 5.74) is 6.61. The van der Waals surface area contributed by atoms with Gasteiger partial charge in [0.2, 0.25) is 0 Å². The SMILES string of the molecule is Cc1cc(C)c(-n2nc3ccccc3n2)c(C)c1. The van der Waals surface area contributed by atoms with Crippen molar-refractivity contribution in [3.8, 4) is 5.69 Å². The van der Waals surface area contributed by atoms with E-state index in [9.17, 15) is 0 Å². The molecule has 0 saturated carbocycles. The van der Waals surface area contributed by atoms with Crippen molar-refractivity contribution in [2.24, 2.45) is 0 Å². The molecule has 0 radical (unpaired) electrons. The molecule has 2 aromatic carbocycles. The number of aryl methyl sites for hydroxylation is 3. The summed E-state index contributed by atoms with van der Waals surface area (Å²) in [6.07, 6.45) is 0. The van der Waals surface area contributed by atoms with Gasteiger partial charge in [-0.3, -0.25) is 0 Å². The lowest BCUT2D eigenvalue weighted by atomic mass is 10.1. The summed E-state index contributed by atoms with van der Waals surface area (Å²) in [4.78, 5) is 1.74. The highest BCUT2D eigenvalue weighted by Gasteiger charge is 2.09. The van der Waals surface area contributed by atoms with Gasteiger partial charge >= 0.3 is 0 Å². The monoisotopic (exact) mass is 237 g/mol. The highest BCUT2D eigenvalue weighted by molar-refractivity contribution is 5.73. The molecular weight excluding hydrogens is 222 g/mol. The molecule has 0 fully saturated rings. The van der Waals surface area contributed by atoms with E-state index in [0.717, 1.165) is 16.7 Å². The Balaban J connectivity index is 2.26. The van der Waals surface area contributed by atoms with Gasteiger partial charge in [0.15, 0.2) is 0 Å². The smallest absolute Gasteiger partial charge is 0.113 e. The first kappa shape index (κ1) is 11.0. The van der Waals surface area contributed by atoms with Crippen molar-refractivity contribution in [1.82, 2.24) is 15.0 Å². The predicted octanol–water partition coefficient (Wildman–Crippen LogP) is 3.35. The molecule has 3 nitrogen and oxygen atoms in total. The second kappa shape index (κ2) is 3.95. The Hall–Kier alpha value is -2.16. The maximum atomic E-state index is 4.54. The Kier molecular flexibility index (Phi) is 2.40. The number of rotatable bonds is 1. The van der Waals surface area contributed by atoms with Gasteiger partial charge in [-0.2, -0.15) is 0 Å². The molecule has 3 heteroatoms. The first-order chi connectivity index (χ1) is 8.65. The minimum atomic E-state index is 0.928. The van der Waals surface area contributed by atoms with Crippen LogP contribution in [0.5, 0.6) is 0 Å². The fraction of sp³-hybridized carbons (Fsp3) is 0.200. The number of nitrogens with zero attached hydrogens (tertiary/aromatic N) is 3. The maximum Gasteiger partial charge on any atom is 0.113 e. The van der Waals surface area contributed by atoms with Crippen molar-refractivity contribution < 1.29 is 0 Å². The molecule has 0 aliphatic carbocycles. The standard InChI is InChI=1S/C15H15N3/c1-10-8-11(2)15(12(3)9-10)18-16-13-6-4-5-7-14(13)17-18/h4-9H,1-3H3. The predicted molar refractivity (Wildman–Crippen MR) is 73.1 cm³/mol. The van der Waals surface area contributed by atoms with Gasteiger partial charge in [0.25, 0.3) is 0 Å². The van der Waals surface area contributed by atoms with Crippen molar-refractivity contribution in [3.05, 3.63) is 53.1 Å². The number of benzene rings is 2. The van der Waals surface area contributed by atoms with Crippen LogP contribution < -0.4 is 0 Å². The average molecular weight is 237 g/mol. The van der Waals surface area contributed by atoms with Gasteiger partial charge in [0.05, 0.1) is 5.69 Å². The van der Waals surface area contributed by atoms with Crippen molar-refractivity contribution in [3.63, 3.8) is 0 Å². The van der Waals surface area contributed by atoms with Crippen molar-refractivity contribution in [2.75, 3.05) is 0 Å². The molecular formula is C15H15N3. The van der Waals surface area contributed by atoms with E-state index in [1.165, 1.54) is 16.7 Å². The van der Waals surface area contributed by atoms with Gasteiger partial charge in [-0.25, -0.2) is 0 Å². The van der Waals surface area contributed by atoms with E-state index < -0.39 is 0 Å². The first-order valence-corrected chi connectivity index (χ1v) is 6.05. The van der Waals surface area contributed by atoms with E-state index in [-0.39, 0.29) is 0 Å². The van der Waals surface area contributed by atoms with Crippen molar-refractivity contribution in [2.45, 2.75) is 20.8 Å². The minimum Gasteiger partial charge on any atom is -0.150 e. The highest BCUT2D eigenvalue weighted by atomic mass is 15.5. The molecule has 0 unspecified atom stereocenters. The molecule has 90 valence electrons. The molecule has 18 heavy (non-hydrogen) atoms. The summed E-state index contributed by atoms with van der Waals surface area (Å²) in [6, 6.07) is 12.3. The Bertz CT molecular complexity index is 669. The normalized spacial score (nSPS) is 11.1. The summed E-state index contributed by atoms with van der Waals surface area (Å²) in [7, 11) is 0. The quantitative estimate of drug-likeness (QED) is 0.650. The van der Waals surface area contributed by atoms with Crippen LogP contribution in [0.3, 0.4) is 0 Å². The third-order valence-corrected chi connectivity index (χ3v) is 3.12. The maximum absolute atomic E-state index is 4.54. The fourth-order valence-electron chi connectivity index (χ4n) is 2.45. The number of aromatic nitrogens is 3. The molecule has 0 saturated heterocycles. The van der Waals surface area contributed by atoms with E-state index in [0.29, 0.717) is 0 Å². The second-order valence-corrected chi connectivity index (χ2v) is 4.73. The van der Waals surface area contributed by atoms with Crippen LogP contribution in [0.25, 0.3) is 16.7 Å². The molecule has 0 bridgehead atoms. The zero-order chi connectivity index (χ0) is 12.7. The Morgan fingerprint density at radius 3 is 1.83 bits per heavy atom. The molecule has 0 atom stereocenters. The van der Waals surface area contributed by atoms with E-state index in [2.05, 4.69) is 43.1 Å². The van der Waals surface area contributed by atoms with Crippen LogP contribution in [0.2, 0.25) is 0 Å². The van der Waals surface area contributed by atoms with Crippen LogP contribution >= 0.6 is 0 Å². The summed E-state index contributed by atoms with van der Waals surface area (Å²) < 4.78 is 0. The summed E-state index contributed by atoms with van der Waals surface area (Å²) in [5.74, 6) is 0. The van der Waals surface area contributed by atoms with Gasteiger partial charge in [-0.15, -0.1) is 15.0 Å². The molecule has 3 rings (SSSR count). The fourth-order valence-corrected chi connectivity index (χ4v) is 2.45. The zero-order valence-electron chi connectivity index (χ0n) is 10.8. The molecule has 3 aromatic rings. The highest BCUT2D eigenvalue weighted by Crippen LogP contribution is 2.20. The topological polar surface area (TPSA) is 30.7 Å². The van der Waals surface area contributed by atoms with E-state index in [4.69, 9.17) is 0 Å². The largest absolute Gasteiger partial charge is 0.150 e. The van der Waals surface area contributed by atoms with Crippen molar-refractivity contribution >= 4 is 11.0 Å². The lowest BCUT2D eigenvalue weighted by molar-refractivity contribution is 0.755. The lowest BCUT2D eigenvalue weighted by Crippen LogP contribution is -2.04. The van der Waals surface area contributed by atoms with E-state index in [1.807, 2.05) is 24.3 Å². The molecule has 1 heterocycles. The second-order valence-electron chi connectivity index (χ2n) is 4.73. The molecule has 1 aromatic heterocycles. The number of hydrogen-bond donors (Lipinski definition) is 0. The van der Waals surface area contributed by atoms with E-state index >= 15 is 0 Å². The molecule has 0 N–H and O–H groups in total. The number of hydrogen-bond acceptors (Lipinski definition) is 2. The molecule has 0 aliphatic heterocycles. The van der Waals surface area contributed by atoms with Crippen LogP contribution in [0.1, 0.15) is 16.7 Å². The van der Waals surface area contributed by atoms with Crippen LogP contribution in [0.15, 0.2) is 36.4 Å². The van der Waals surface area contributed by atoms with Gasteiger partial charge < -0.3 is 0 Å². The third kappa shape index (κ3) is 1.68. The summed E-state index contributed by atoms with van der Waals surface area (Å²) in [6.45, 7) is 6.31. The average Bonchev–Trinajstić information content (AvgIpc) is 2.70. The molecule has 0 aliphatic rings. The zero-order valence-corrected chi connectivity index (χ0v) is 10.8. The van der Waals surface area contributed by atoms with Crippen LogP contribution in [0, 0.1) is 20.8 Å². The van der Waals surface area contributed by atoms with Crippen LogP contribution in [0.4, 0.5) is 0 Å². The summed E-state index contributed by atoms with van der Waals surface area (Å²) in [5, 5.41) is 9.08. The molecule has 0 spiro atoms. The Labute approximate surface area is 106 Å². The van der Waals surface area contributed by atoms with Gasteiger partial charge in [-0.1, -0.05) is 29.8 Å². The van der Waals surface area contributed by atoms with Gasteiger partial charge in [0.1, 0.15) is 11.0 Å². The van der Waals surface area contributed by atoms with Crippen molar-refractivity contribution in [1.29, 1.82) is 0 Å². The minimum absolute atomic E-state index is 0.928. The lowest BCUT2D eigenvalue weighted by Gasteiger charge is -2.09. The van der Waals surface area contributed by atoms with Gasteiger partial charge in [-0.05, 0) is 44.0 Å². The van der Waals surface area contributed by atoms with Crippen LogP contribution in [-0.4, -0.2) is 15.0 Å². The van der Waals surface area contributed by atoms with Gasteiger partial charge in [0, 0.05) is 0 Å². The van der Waals surface area contributed by atoms with Crippen LogP contribution in [-0.2, 0) is 0 Å². The molecule has 0 amide bonds.